The molecule has 2 rings (SSSR count). The molecule has 2 aromatic rings. The number of hydrogen-bond donors (Lipinski definition) is 8. The topological polar surface area (TPSA) is 255 Å². The van der Waals surface area contributed by atoms with Crippen LogP contribution in [0.4, 0.5) is 4.79 Å². The van der Waals surface area contributed by atoms with Crippen molar-refractivity contribution in [3.8, 4) is 5.75 Å². The van der Waals surface area contributed by atoms with E-state index in [-0.39, 0.29) is 25.0 Å². The molecule has 0 spiro atoms. The maximum atomic E-state index is 13.6. The van der Waals surface area contributed by atoms with Gasteiger partial charge in [0.1, 0.15) is 42.1 Å². The van der Waals surface area contributed by atoms with E-state index in [9.17, 15) is 43.8 Å². The van der Waals surface area contributed by atoms with Gasteiger partial charge in [0, 0.05) is 12.8 Å². The molecule has 0 radical (unpaired) electrons. The van der Waals surface area contributed by atoms with Gasteiger partial charge >= 0.3 is 12.1 Å². The summed E-state index contributed by atoms with van der Waals surface area (Å²) in [6, 6.07) is 9.07. The van der Waals surface area contributed by atoms with E-state index in [1.54, 1.807) is 57.4 Å². The number of aromatic hydroxyl groups is 1. The molecule has 16 nitrogen and oxygen atoms in total. The second kappa shape index (κ2) is 20.4. The Morgan fingerprint density at radius 2 is 1.29 bits per heavy atom. The number of hydrogen-bond acceptors (Lipinski definition) is 10. The van der Waals surface area contributed by atoms with Gasteiger partial charge in [-0.3, -0.25) is 28.8 Å². The maximum Gasteiger partial charge on any atom is 0.408 e. The Morgan fingerprint density at radius 3 is 1.86 bits per heavy atom. The van der Waals surface area contributed by atoms with Crippen LogP contribution >= 0.6 is 11.8 Å². The number of carbonyl (C=O) groups is 7. The van der Waals surface area contributed by atoms with E-state index in [2.05, 4.69) is 26.6 Å². The van der Waals surface area contributed by atoms with Gasteiger partial charge in [-0.25, -0.2) is 4.79 Å². The van der Waals surface area contributed by atoms with Crippen LogP contribution in [0.5, 0.6) is 5.75 Å². The fraction of sp³-hybridized carbons (Fsp3) is 0.441. The second-order valence-electron chi connectivity index (χ2n) is 12.5. The molecule has 0 bridgehead atoms. The van der Waals surface area contributed by atoms with Crippen molar-refractivity contribution in [1.29, 1.82) is 0 Å². The number of carboxylic acids is 1. The number of primary amides is 1. The summed E-state index contributed by atoms with van der Waals surface area (Å²) >= 11 is 1.36. The molecular weight excluding hydrogens is 684 g/mol. The SMILES string of the molecule is CSCC[C@H](NC(=O)[C@H](Cc1ccc(O)cc1)NC(=O)CNC(=O)OC(C)(C)C)C(=O)N[C@@H](CC(=O)O)C(=O)N[C@@H](Cc1ccccc1)C(N)=O. The van der Waals surface area contributed by atoms with Crippen molar-refractivity contribution in [2.45, 2.75) is 76.2 Å². The van der Waals surface area contributed by atoms with Crippen LogP contribution in [0.25, 0.3) is 0 Å². The number of nitrogens with two attached hydrogens (primary N) is 1. The molecule has 0 aliphatic carbocycles. The van der Waals surface area contributed by atoms with E-state index in [0.29, 0.717) is 16.9 Å². The average molecular weight is 731 g/mol. The molecule has 0 aliphatic heterocycles. The highest BCUT2D eigenvalue weighted by atomic mass is 32.2. The number of rotatable bonds is 19. The average Bonchev–Trinajstić information content (AvgIpc) is 3.05. The number of ether oxygens (including phenoxy) is 1. The van der Waals surface area contributed by atoms with Crippen LogP contribution in [0.3, 0.4) is 0 Å². The molecule has 0 saturated carbocycles. The van der Waals surface area contributed by atoms with Crippen molar-refractivity contribution in [2.75, 3.05) is 18.6 Å². The van der Waals surface area contributed by atoms with E-state index >= 15 is 0 Å². The van der Waals surface area contributed by atoms with Gasteiger partial charge in [-0.1, -0.05) is 42.5 Å². The number of aliphatic carboxylic acids is 1. The fourth-order valence-electron chi connectivity index (χ4n) is 4.57. The Morgan fingerprint density at radius 1 is 0.765 bits per heavy atom. The summed E-state index contributed by atoms with van der Waals surface area (Å²) < 4.78 is 5.13. The smallest absolute Gasteiger partial charge is 0.408 e. The van der Waals surface area contributed by atoms with E-state index in [1.807, 2.05) is 0 Å². The number of benzene rings is 2. The summed E-state index contributed by atoms with van der Waals surface area (Å²) in [7, 11) is 0. The van der Waals surface area contributed by atoms with Crippen LogP contribution in [0.1, 0.15) is 44.7 Å². The van der Waals surface area contributed by atoms with Gasteiger partial charge in [0.05, 0.1) is 6.42 Å². The lowest BCUT2D eigenvalue weighted by molar-refractivity contribution is -0.141. The highest BCUT2D eigenvalue weighted by Crippen LogP contribution is 2.13. The molecule has 278 valence electrons. The lowest BCUT2D eigenvalue weighted by Crippen LogP contribution is -2.59. The third kappa shape index (κ3) is 16.3. The summed E-state index contributed by atoms with van der Waals surface area (Å²) in [5.41, 5.74) is 5.90. The lowest BCUT2D eigenvalue weighted by Gasteiger charge is -2.26. The molecule has 2 aromatic carbocycles. The Labute approximate surface area is 300 Å². The predicted molar refractivity (Wildman–Crippen MR) is 188 cm³/mol. The molecule has 17 heteroatoms. The summed E-state index contributed by atoms with van der Waals surface area (Å²) in [5, 5.41) is 31.4. The van der Waals surface area contributed by atoms with Crippen molar-refractivity contribution in [2.24, 2.45) is 5.73 Å². The monoisotopic (exact) mass is 730 g/mol. The third-order valence-corrected chi connectivity index (χ3v) is 7.66. The molecule has 0 aromatic heterocycles. The van der Waals surface area contributed by atoms with E-state index < -0.39 is 84.3 Å². The number of thioether (sulfide) groups is 1. The first-order valence-electron chi connectivity index (χ1n) is 16.0. The molecular formula is C34H46N6O10S. The van der Waals surface area contributed by atoms with Crippen molar-refractivity contribution < 1.29 is 48.5 Å². The Hall–Kier alpha value is -5.32. The summed E-state index contributed by atoms with van der Waals surface area (Å²) in [4.78, 5) is 89.1. The van der Waals surface area contributed by atoms with E-state index in [0.717, 1.165) is 0 Å². The number of alkyl carbamates (subject to hydrolysis) is 1. The van der Waals surface area contributed by atoms with Crippen molar-refractivity contribution in [3.63, 3.8) is 0 Å². The number of phenolic OH excluding ortho intramolecular Hbond substituents is 1. The zero-order chi connectivity index (χ0) is 38.1. The number of phenols is 1. The van der Waals surface area contributed by atoms with Crippen molar-refractivity contribution in [1.82, 2.24) is 26.6 Å². The van der Waals surface area contributed by atoms with Crippen LogP contribution in [-0.2, 0) is 46.3 Å². The Bertz CT molecular complexity index is 1520. The molecule has 9 N–H and O–H groups in total. The lowest BCUT2D eigenvalue weighted by atomic mass is 10.0. The van der Waals surface area contributed by atoms with E-state index in [4.69, 9.17) is 10.5 Å². The van der Waals surface area contributed by atoms with Gasteiger partial charge in [0.25, 0.3) is 0 Å². The van der Waals surface area contributed by atoms with Gasteiger partial charge in [-0.05, 0) is 62.5 Å². The molecule has 0 saturated heterocycles. The summed E-state index contributed by atoms with van der Waals surface area (Å²) in [5.74, 6) is -5.37. The highest BCUT2D eigenvalue weighted by Gasteiger charge is 2.32. The fourth-order valence-corrected chi connectivity index (χ4v) is 5.04. The quantitative estimate of drug-likeness (QED) is 0.0979. The van der Waals surface area contributed by atoms with Crippen LogP contribution in [0, 0.1) is 0 Å². The van der Waals surface area contributed by atoms with Crippen molar-refractivity contribution >= 4 is 53.4 Å². The van der Waals surface area contributed by atoms with Crippen LogP contribution in [-0.4, -0.2) is 100 Å². The van der Waals surface area contributed by atoms with E-state index in [1.165, 1.54) is 36.0 Å². The molecule has 0 heterocycles. The minimum Gasteiger partial charge on any atom is -0.508 e. The van der Waals surface area contributed by atoms with Gasteiger partial charge in [-0.2, -0.15) is 11.8 Å². The molecule has 6 amide bonds. The predicted octanol–water partition coefficient (Wildman–Crippen LogP) is 0.354. The van der Waals surface area contributed by atoms with Gasteiger partial charge in [0.2, 0.25) is 29.5 Å². The Kier molecular flexibility index (Phi) is 16.7. The molecule has 0 fully saturated rings. The minimum atomic E-state index is -1.65. The third-order valence-electron chi connectivity index (χ3n) is 7.02. The first-order chi connectivity index (χ1) is 24.0. The first kappa shape index (κ1) is 41.8. The van der Waals surface area contributed by atoms with Gasteiger partial charge in [0.15, 0.2) is 0 Å². The van der Waals surface area contributed by atoms with Crippen LogP contribution in [0.2, 0.25) is 0 Å². The number of carbonyl (C=O) groups excluding carboxylic acids is 6. The largest absolute Gasteiger partial charge is 0.508 e. The van der Waals surface area contributed by atoms with Gasteiger partial charge < -0.3 is 47.3 Å². The minimum absolute atomic E-state index is 0.0174. The summed E-state index contributed by atoms with van der Waals surface area (Å²) in [6.45, 7) is 4.41. The zero-order valence-corrected chi connectivity index (χ0v) is 29.7. The maximum absolute atomic E-state index is 13.6. The Balaban J connectivity index is 2.25. The first-order valence-corrected chi connectivity index (χ1v) is 17.4. The second-order valence-corrected chi connectivity index (χ2v) is 13.5. The number of nitrogens with one attached hydrogen (secondary N) is 5. The molecule has 0 aliphatic rings. The standard InChI is InChI=1S/C34H46N6O10S/c1-34(2,3)50-33(49)36-19-27(42)37-25(17-21-10-12-22(41)13-11-21)31(47)38-23(14-15-51-4)30(46)40-26(18-28(43)44)32(48)39-24(29(35)45)16-20-8-6-5-7-9-20/h5-13,23-26,41H,14-19H2,1-4H3,(H2,35,45)(H,36,49)(H,37,42)(H,38,47)(H,39,48)(H,40,46)(H,43,44)/t23-,24-,25-,26-/m0/s1. The molecule has 0 unspecified atom stereocenters. The normalized spacial score (nSPS) is 13.3. The number of carboxylic acid groups (broad SMARTS) is 1. The molecule has 51 heavy (non-hydrogen) atoms. The summed E-state index contributed by atoms with van der Waals surface area (Å²) in [6.07, 6.45) is 0.0534. The van der Waals surface area contributed by atoms with Gasteiger partial charge in [-0.15, -0.1) is 0 Å². The zero-order valence-electron chi connectivity index (χ0n) is 28.9. The van der Waals surface area contributed by atoms with Crippen LogP contribution < -0.4 is 32.3 Å². The van der Waals surface area contributed by atoms with Crippen LogP contribution in [0.15, 0.2) is 54.6 Å². The van der Waals surface area contributed by atoms with Crippen molar-refractivity contribution in [3.05, 3.63) is 65.7 Å². The highest BCUT2D eigenvalue weighted by molar-refractivity contribution is 7.98. The number of amides is 6. The molecule has 4 atom stereocenters.